The Morgan fingerprint density at radius 3 is 2.37 bits per heavy atom. The monoisotopic (exact) mass is 261 g/mol. The van der Waals surface area contributed by atoms with Gasteiger partial charge in [0.15, 0.2) is 5.82 Å². The Kier molecular flexibility index (Phi) is 3.03. The van der Waals surface area contributed by atoms with Crippen molar-refractivity contribution in [1.82, 2.24) is 4.57 Å². The highest BCUT2D eigenvalue weighted by molar-refractivity contribution is 5.62. The van der Waals surface area contributed by atoms with Crippen LogP contribution in [0.2, 0.25) is 0 Å². The Bertz CT molecular complexity index is 709. The molecule has 0 bridgehead atoms. The fraction of sp³-hybridized carbons (Fsp3) is 0.214. The van der Waals surface area contributed by atoms with Crippen LogP contribution >= 0.6 is 0 Å². The average molecular weight is 261 g/mol. The number of nitrogen functional groups attached to an aromatic ring is 1. The summed E-state index contributed by atoms with van der Waals surface area (Å²) in [6.45, 7) is 4.92. The molecule has 0 radical (unpaired) electrons. The summed E-state index contributed by atoms with van der Waals surface area (Å²) < 4.78 is 29.3. The molecule has 0 unspecified atom stereocenters. The molecular formula is C14H13F2N3. The molecule has 0 saturated heterocycles. The van der Waals surface area contributed by atoms with Crippen LogP contribution in [0.1, 0.15) is 22.4 Å². The van der Waals surface area contributed by atoms with Gasteiger partial charge >= 0.3 is 0 Å². The topological polar surface area (TPSA) is 54.7 Å². The highest BCUT2D eigenvalue weighted by atomic mass is 19.1. The van der Waals surface area contributed by atoms with E-state index in [1.54, 1.807) is 20.8 Å². The van der Waals surface area contributed by atoms with Gasteiger partial charge in [-0.05, 0) is 38.0 Å². The fourth-order valence-corrected chi connectivity index (χ4v) is 2.11. The van der Waals surface area contributed by atoms with Gasteiger partial charge in [-0.25, -0.2) is 8.78 Å². The van der Waals surface area contributed by atoms with Gasteiger partial charge in [-0.15, -0.1) is 0 Å². The third kappa shape index (κ3) is 1.76. The van der Waals surface area contributed by atoms with Gasteiger partial charge in [0, 0.05) is 5.69 Å². The number of nitriles is 1. The first-order chi connectivity index (χ1) is 8.90. The number of aromatic nitrogens is 1. The second-order valence-corrected chi connectivity index (χ2v) is 4.44. The predicted octanol–water partition coefficient (Wildman–Crippen LogP) is 3.13. The molecule has 19 heavy (non-hydrogen) atoms. The molecule has 3 nitrogen and oxygen atoms in total. The van der Waals surface area contributed by atoms with Gasteiger partial charge in [0.05, 0.1) is 5.56 Å². The quantitative estimate of drug-likeness (QED) is 0.857. The van der Waals surface area contributed by atoms with E-state index in [2.05, 4.69) is 0 Å². The van der Waals surface area contributed by atoms with Crippen molar-refractivity contribution in [2.45, 2.75) is 20.8 Å². The summed E-state index contributed by atoms with van der Waals surface area (Å²) in [5.74, 6) is -1.33. The van der Waals surface area contributed by atoms with Crippen molar-refractivity contribution in [3.63, 3.8) is 0 Å². The van der Waals surface area contributed by atoms with Gasteiger partial charge in [-0.3, -0.25) is 4.57 Å². The molecule has 0 aliphatic heterocycles. The Balaban J connectivity index is 2.89. The number of hydrogen-bond acceptors (Lipinski definition) is 2. The van der Waals surface area contributed by atoms with E-state index in [1.165, 1.54) is 16.7 Å². The van der Waals surface area contributed by atoms with E-state index < -0.39 is 11.6 Å². The fourth-order valence-electron chi connectivity index (χ4n) is 2.11. The number of nitrogens with zero attached hydrogens (tertiary/aromatic N) is 2. The van der Waals surface area contributed by atoms with Crippen LogP contribution in [0.3, 0.4) is 0 Å². The minimum absolute atomic E-state index is 0.0564. The highest BCUT2D eigenvalue weighted by Crippen LogP contribution is 2.31. The summed E-state index contributed by atoms with van der Waals surface area (Å²) in [6.07, 6.45) is 0. The lowest BCUT2D eigenvalue weighted by atomic mass is 10.2. The zero-order valence-electron chi connectivity index (χ0n) is 10.9. The smallest absolute Gasteiger partial charge is 0.153 e. The predicted molar refractivity (Wildman–Crippen MR) is 69.0 cm³/mol. The highest BCUT2D eigenvalue weighted by Gasteiger charge is 2.22. The van der Waals surface area contributed by atoms with Crippen LogP contribution in [0, 0.1) is 43.7 Å². The molecule has 2 aromatic rings. The summed E-state index contributed by atoms with van der Waals surface area (Å²) in [5.41, 5.74) is 7.35. The third-order valence-electron chi connectivity index (χ3n) is 3.35. The first kappa shape index (κ1) is 13.1. The lowest BCUT2D eigenvalue weighted by molar-refractivity contribution is 0.563. The normalized spacial score (nSPS) is 10.5. The maximum atomic E-state index is 14.2. The van der Waals surface area contributed by atoms with Crippen molar-refractivity contribution in [2.75, 3.05) is 5.73 Å². The van der Waals surface area contributed by atoms with Gasteiger partial charge in [-0.1, -0.05) is 6.07 Å². The van der Waals surface area contributed by atoms with Crippen LogP contribution in [0.25, 0.3) is 5.69 Å². The number of anilines is 1. The Morgan fingerprint density at radius 1 is 1.21 bits per heavy atom. The second kappa shape index (κ2) is 4.39. The Labute approximate surface area is 109 Å². The third-order valence-corrected chi connectivity index (χ3v) is 3.35. The van der Waals surface area contributed by atoms with Crippen LogP contribution in [-0.4, -0.2) is 4.57 Å². The number of halogens is 2. The van der Waals surface area contributed by atoms with E-state index in [-0.39, 0.29) is 17.1 Å². The standard InChI is InChI=1S/C14H13F2N3/c1-7-4-5-11(15)13(12(7)16)19-9(3)8(2)10(6-17)14(19)18/h4-5H,18H2,1-3H3. The molecule has 0 aliphatic carbocycles. The molecule has 2 N–H and O–H groups in total. The van der Waals surface area contributed by atoms with E-state index in [0.29, 0.717) is 16.8 Å². The van der Waals surface area contributed by atoms with E-state index >= 15 is 0 Å². The first-order valence-electron chi connectivity index (χ1n) is 5.72. The summed E-state index contributed by atoms with van der Waals surface area (Å²) in [4.78, 5) is 0. The van der Waals surface area contributed by atoms with Crippen molar-refractivity contribution >= 4 is 5.82 Å². The maximum Gasteiger partial charge on any atom is 0.153 e. The van der Waals surface area contributed by atoms with E-state index in [0.717, 1.165) is 0 Å². The minimum Gasteiger partial charge on any atom is -0.384 e. The van der Waals surface area contributed by atoms with Crippen molar-refractivity contribution < 1.29 is 8.78 Å². The van der Waals surface area contributed by atoms with Gasteiger partial charge in [0.2, 0.25) is 0 Å². The minimum atomic E-state index is -0.711. The maximum absolute atomic E-state index is 14.2. The number of nitrogens with two attached hydrogens (primary N) is 1. The average Bonchev–Trinajstić information content (AvgIpc) is 2.58. The molecule has 0 saturated carbocycles. The van der Waals surface area contributed by atoms with Crippen molar-refractivity contribution in [2.24, 2.45) is 0 Å². The molecule has 0 atom stereocenters. The van der Waals surface area contributed by atoms with Gasteiger partial charge in [0.1, 0.15) is 23.4 Å². The molecule has 0 spiro atoms. The Morgan fingerprint density at radius 2 is 1.84 bits per heavy atom. The lowest BCUT2D eigenvalue weighted by Crippen LogP contribution is -2.08. The summed E-state index contributed by atoms with van der Waals surface area (Å²) in [5, 5.41) is 9.05. The Hall–Kier alpha value is -2.35. The SMILES string of the molecule is Cc1ccc(F)c(-n2c(C)c(C)c(C#N)c2N)c1F. The van der Waals surface area contributed by atoms with Crippen molar-refractivity contribution in [3.8, 4) is 11.8 Å². The summed E-state index contributed by atoms with van der Waals surface area (Å²) >= 11 is 0. The van der Waals surface area contributed by atoms with Gasteiger partial charge in [-0.2, -0.15) is 5.26 Å². The largest absolute Gasteiger partial charge is 0.384 e. The molecule has 1 heterocycles. The van der Waals surface area contributed by atoms with Crippen LogP contribution in [0.5, 0.6) is 0 Å². The molecule has 5 heteroatoms. The molecule has 98 valence electrons. The van der Waals surface area contributed by atoms with Crippen molar-refractivity contribution in [1.29, 1.82) is 5.26 Å². The molecule has 0 aliphatic rings. The number of benzene rings is 1. The molecule has 1 aromatic carbocycles. The summed E-state index contributed by atoms with van der Waals surface area (Å²) in [6, 6.07) is 4.51. The van der Waals surface area contributed by atoms with Crippen LogP contribution < -0.4 is 5.73 Å². The molecule has 2 rings (SSSR count). The van der Waals surface area contributed by atoms with Gasteiger partial charge in [0.25, 0.3) is 0 Å². The molecule has 0 fully saturated rings. The summed E-state index contributed by atoms with van der Waals surface area (Å²) in [7, 11) is 0. The van der Waals surface area contributed by atoms with Crippen LogP contribution in [0.15, 0.2) is 12.1 Å². The van der Waals surface area contributed by atoms with Crippen LogP contribution in [-0.2, 0) is 0 Å². The van der Waals surface area contributed by atoms with E-state index in [1.807, 2.05) is 6.07 Å². The zero-order chi connectivity index (χ0) is 14.3. The lowest BCUT2D eigenvalue weighted by Gasteiger charge is -2.12. The number of aryl methyl sites for hydroxylation is 1. The first-order valence-corrected chi connectivity index (χ1v) is 5.72. The van der Waals surface area contributed by atoms with Crippen molar-refractivity contribution in [3.05, 3.63) is 46.2 Å². The molecule has 1 aromatic heterocycles. The van der Waals surface area contributed by atoms with E-state index in [4.69, 9.17) is 11.0 Å². The number of hydrogen-bond donors (Lipinski definition) is 1. The molecule has 0 amide bonds. The van der Waals surface area contributed by atoms with E-state index in [9.17, 15) is 8.78 Å². The van der Waals surface area contributed by atoms with Crippen LogP contribution in [0.4, 0.5) is 14.6 Å². The number of rotatable bonds is 1. The van der Waals surface area contributed by atoms with Gasteiger partial charge < -0.3 is 5.73 Å². The second-order valence-electron chi connectivity index (χ2n) is 4.44. The molecular weight excluding hydrogens is 248 g/mol. The zero-order valence-corrected chi connectivity index (χ0v) is 10.9.